The summed E-state index contributed by atoms with van der Waals surface area (Å²) in [6.07, 6.45) is -6.61. The van der Waals surface area contributed by atoms with Crippen LogP contribution in [0.25, 0.3) is 0 Å². The number of hydrogen-bond acceptors (Lipinski definition) is 15. The molecule has 0 atom stereocenters. The molecule has 33 heteroatoms. The fraction of sp³-hybridized carbons (Fsp3) is 0.333. The molecule has 4 aliphatic rings. The number of hydrogen-bond donors (Lipinski definition) is 4. The number of amides is 2. The van der Waals surface area contributed by atoms with Crippen molar-refractivity contribution in [1.82, 2.24) is 9.44 Å². The molecule has 4 aromatic rings. The van der Waals surface area contributed by atoms with Gasteiger partial charge in [-0.15, -0.1) is 47.3 Å². The molecule has 0 radical (unpaired) electrons. The van der Waals surface area contributed by atoms with E-state index in [1.807, 2.05) is 6.92 Å². The number of nitrogens with one attached hydrogen (secondary N) is 2. The SMILES string of the molecule is BrB(Br)Br.C.COc1ccc(Oc2c(Cl)cc(N3N=C(C(F)F)C(=O)CC3=O)cc2Cl)cc1S(=O)(=O)NC1CC(C)C1.O=C1CC(=O)N(c2cc(Cl)c(Oc3ccc(O)c(S(=O)(=O)NC4CC(O)C4)c3)c(Cl)c2)N=C1C(F)F. The second-order valence-electron chi connectivity index (χ2n) is 16.9. The van der Waals surface area contributed by atoms with Crippen LogP contribution >= 0.6 is 93.7 Å². The highest BCUT2D eigenvalue weighted by Crippen LogP contribution is 2.44. The number of rotatable bonds is 15. The fourth-order valence-electron chi connectivity index (χ4n) is 7.50. The Balaban J connectivity index is 0.000000266. The topological polar surface area (TPSA) is 260 Å². The molecule has 2 fully saturated rings. The van der Waals surface area contributed by atoms with E-state index in [4.69, 9.17) is 60.6 Å². The van der Waals surface area contributed by atoms with Gasteiger partial charge in [-0.05, 0) is 80.1 Å². The molecule has 0 unspecified atom stereocenters. The van der Waals surface area contributed by atoms with Gasteiger partial charge in [-0.3, -0.25) is 19.2 Å². The molecule has 0 bridgehead atoms. The Morgan fingerprint density at radius 1 is 0.667 bits per heavy atom. The van der Waals surface area contributed by atoms with Gasteiger partial charge >= 0.3 is 3.18 Å². The van der Waals surface area contributed by atoms with Crippen LogP contribution < -0.4 is 33.7 Å². The van der Waals surface area contributed by atoms with Gasteiger partial charge in [0.25, 0.3) is 24.7 Å². The second kappa shape index (κ2) is 27.1. The number of methoxy groups -OCH3 is 1. The number of alkyl halides is 4. The third-order valence-electron chi connectivity index (χ3n) is 11.2. The number of carbonyl (C=O) groups excluding carboxylic acids is 4. The lowest BCUT2D eigenvalue weighted by Gasteiger charge is -2.33. The summed E-state index contributed by atoms with van der Waals surface area (Å²) in [5.74, 6) is -4.13. The number of hydrazone groups is 2. The Labute approximate surface area is 489 Å². The van der Waals surface area contributed by atoms with Gasteiger partial charge in [-0.2, -0.15) is 20.2 Å². The normalized spacial score (nSPS) is 19.3. The first-order valence-corrected chi connectivity index (χ1v) is 29.2. The van der Waals surface area contributed by atoms with Crippen molar-refractivity contribution in [2.75, 3.05) is 17.1 Å². The van der Waals surface area contributed by atoms with E-state index in [-0.39, 0.29) is 94.6 Å². The van der Waals surface area contributed by atoms with Crippen molar-refractivity contribution in [2.45, 2.75) is 93.7 Å². The number of aliphatic hydroxyl groups excluding tert-OH is 1. The molecule has 422 valence electrons. The Kier molecular flexibility index (Phi) is 22.5. The number of aliphatic hydroxyl groups is 1. The van der Waals surface area contributed by atoms with E-state index in [9.17, 15) is 63.8 Å². The summed E-state index contributed by atoms with van der Waals surface area (Å²) in [5, 5.41) is 26.9. The third kappa shape index (κ3) is 16.1. The van der Waals surface area contributed by atoms with Gasteiger partial charge in [0, 0.05) is 24.2 Å². The quantitative estimate of drug-likeness (QED) is 0.0491. The Hall–Kier alpha value is -4.14. The molecule has 2 aliphatic heterocycles. The largest absolute Gasteiger partial charge is 0.507 e. The van der Waals surface area contributed by atoms with E-state index in [1.165, 1.54) is 43.5 Å². The van der Waals surface area contributed by atoms with E-state index < -0.39 is 103 Å². The highest BCUT2D eigenvalue weighted by Gasteiger charge is 2.37. The van der Waals surface area contributed by atoms with Crippen molar-refractivity contribution >= 4 is 163 Å². The molecule has 19 nitrogen and oxygen atoms in total. The molecule has 2 saturated carbocycles. The summed E-state index contributed by atoms with van der Waals surface area (Å²) < 4.78 is 126. The van der Waals surface area contributed by atoms with E-state index in [2.05, 4.69) is 66.9 Å². The van der Waals surface area contributed by atoms with Crippen LogP contribution in [0, 0.1) is 5.92 Å². The lowest BCUT2D eigenvalue weighted by molar-refractivity contribution is -0.126. The van der Waals surface area contributed by atoms with Crippen molar-refractivity contribution < 1.29 is 78.0 Å². The zero-order chi connectivity index (χ0) is 57.0. The van der Waals surface area contributed by atoms with Gasteiger partial charge < -0.3 is 24.4 Å². The Morgan fingerprint density at radius 2 is 1.04 bits per heavy atom. The van der Waals surface area contributed by atoms with Crippen molar-refractivity contribution in [3.8, 4) is 34.5 Å². The molecule has 2 aliphatic carbocycles. The first-order chi connectivity index (χ1) is 36.0. The number of ether oxygens (including phenoxy) is 3. The average molecular weight is 1410 g/mol. The molecule has 4 N–H and O–H groups in total. The van der Waals surface area contributed by atoms with Crippen LogP contribution in [0.4, 0.5) is 28.9 Å². The number of aromatic hydroxyl groups is 1. The number of nitrogens with zero attached hydrogens (tertiary/aromatic N) is 4. The summed E-state index contributed by atoms with van der Waals surface area (Å²) in [6, 6.07) is 11.5. The number of sulfonamides is 2. The van der Waals surface area contributed by atoms with Crippen LogP contribution in [-0.2, 0) is 39.2 Å². The number of phenolic OH excluding ortho intramolecular Hbond substituents is 1. The minimum absolute atomic E-state index is 0. The zero-order valence-electron chi connectivity index (χ0n) is 39.2. The van der Waals surface area contributed by atoms with Crippen molar-refractivity contribution in [1.29, 1.82) is 0 Å². The van der Waals surface area contributed by atoms with Crippen molar-refractivity contribution in [2.24, 2.45) is 16.1 Å². The van der Waals surface area contributed by atoms with Crippen LogP contribution in [0.1, 0.15) is 52.9 Å². The van der Waals surface area contributed by atoms with Crippen molar-refractivity contribution in [3.05, 3.63) is 80.8 Å². The lowest BCUT2D eigenvalue weighted by atomic mass is 9.83. The van der Waals surface area contributed by atoms with Gasteiger partial charge in [0.1, 0.15) is 32.8 Å². The number of benzene rings is 4. The summed E-state index contributed by atoms with van der Waals surface area (Å²) in [6.45, 7) is 2.03. The van der Waals surface area contributed by atoms with E-state index in [0.717, 1.165) is 37.1 Å². The summed E-state index contributed by atoms with van der Waals surface area (Å²) >= 11 is 34.4. The highest BCUT2D eigenvalue weighted by molar-refractivity contribution is 9.69. The molecule has 0 saturated heterocycles. The summed E-state index contributed by atoms with van der Waals surface area (Å²) in [7, 11) is -6.76. The number of anilines is 2. The van der Waals surface area contributed by atoms with E-state index in [1.54, 1.807) is 0 Å². The maximum atomic E-state index is 13.1. The number of Topliss-reactive ketones (excluding diaryl/α,β-unsaturated/α-hetero) is 2. The molecule has 4 aromatic carbocycles. The van der Waals surface area contributed by atoms with Crippen molar-refractivity contribution in [3.63, 3.8) is 0 Å². The van der Waals surface area contributed by atoms with E-state index >= 15 is 0 Å². The van der Waals surface area contributed by atoms with Crippen LogP contribution in [0.3, 0.4) is 0 Å². The van der Waals surface area contributed by atoms with Crippen LogP contribution in [0.5, 0.6) is 34.5 Å². The highest BCUT2D eigenvalue weighted by atomic mass is 79.9. The van der Waals surface area contributed by atoms with Gasteiger partial charge in [-0.1, -0.05) is 60.8 Å². The molecule has 0 aromatic heterocycles. The maximum absolute atomic E-state index is 13.1. The number of halogens is 11. The predicted octanol–water partition coefficient (Wildman–Crippen LogP) is 10.8. The van der Waals surface area contributed by atoms with Crippen LogP contribution in [0.2, 0.25) is 20.1 Å². The first-order valence-electron chi connectivity index (χ1n) is 21.9. The Bertz CT molecular complexity index is 3230. The second-order valence-corrected chi connectivity index (χ2v) is 28.3. The zero-order valence-corrected chi connectivity index (χ0v) is 48.6. The maximum Gasteiger partial charge on any atom is 0.369 e. The lowest BCUT2D eigenvalue weighted by Crippen LogP contribution is -2.46. The molecule has 0 spiro atoms. The average Bonchev–Trinajstić information content (AvgIpc) is 3.34. The molecule has 2 heterocycles. The molecular weight excluding hydrogens is 1360 g/mol. The molecule has 2 amide bonds. The Morgan fingerprint density at radius 3 is 1.41 bits per heavy atom. The molecular formula is C45H42BBr3Cl4F4N6O13S2. The first kappa shape index (κ1) is 64.7. The van der Waals surface area contributed by atoms with Gasteiger partial charge in [0.05, 0.1) is 57.5 Å². The molecule has 78 heavy (non-hydrogen) atoms. The number of ketones is 2. The minimum atomic E-state index is -4.16. The van der Waals surface area contributed by atoms with Gasteiger partial charge in [0.15, 0.2) is 34.5 Å². The molecule has 8 rings (SSSR count). The minimum Gasteiger partial charge on any atom is -0.507 e. The van der Waals surface area contributed by atoms with Gasteiger partial charge in [-0.25, -0.2) is 43.8 Å². The summed E-state index contributed by atoms with van der Waals surface area (Å²) in [4.78, 5) is 47.1. The smallest absolute Gasteiger partial charge is 0.369 e. The number of carbonyl (C=O) groups is 4. The predicted molar refractivity (Wildman–Crippen MR) is 296 cm³/mol. The van der Waals surface area contributed by atoms with Crippen LogP contribution in [0.15, 0.2) is 80.7 Å². The van der Waals surface area contributed by atoms with Gasteiger partial charge in [0.2, 0.25) is 20.0 Å². The monoisotopic (exact) mass is 1400 g/mol. The number of phenols is 1. The summed E-state index contributed by atoms with van der Waals surface area (Å²) in [5.41, 5.74) is -2.29. The van der Waals surface area contributed by atoms with Crippen LogP contribution in [-0.4, -0.2) is 103 Å². The fourth-order valence-corrected chi connectivity index (χ4v) is 11.4. The third-order valence-corrected chi connectivity index (χ3v) is 15.4. The van der Waals surface area contributed by atoms with E-state index in [0.29, 0.717) is 15.9 Å². The standard InChI is InChI=1S/C23H21Cl2F2N3O6S.C21H17Cl2F2N3O7S.CH4.BBr3/c1-11-5-12(6-11)29-37(33,34)19-9-14(3-4-18(19)35-2)36-22-15(24)7-13(8-16(22)25)30-20(32)10-17(31)21(28-30)23(26)27;22-13-5-10(28-18(32)8-16(31)19(26-28)21(24)25)6-14(23)20(13)35-12-1-2-15(30)17(7-12)36(33,34)27-9-3-11(29)4-9;;2-1(3)4/h3-4,7-9,11-12,23,29H,5-6,10H2,1-2H3;1-2,5-7,9,11,21,27,29-30H,3-4,8H2;1H4;.